The monoisotopic (exact) mass is 185 g/mol. The van der Waals surface area contributed by atoms with Crippen LogP contribution in [0.3, 0.4) is 0 Å². The van der Waals surface area contributed by atoms with Crippen molar-refractivity contribution in [1.29, 1.82) is 0 Å². The maximum Gasteiger partial charge on any atom is 0.0639 e. The minimum Gasteiger partial charge on any atom is -0.392 e. The second kappa shape index (κ2) is 4.97. The number of rotatable bonds is 3. The van der Waals surface area contributed by atoms with Crippen LogP contribution in [0.5, 0.6) is 0 Å². The smallest absolute Gasteiger partial charge is 0.0639 e. The normalized spacial score (nSPS) is 32.1. The van der Waals surface area contributed by atoms with Gasteiger partial charge in [-0.25, -0.2) is 0 Å². The zero-order valence-corrected chi connectivity index (χ0v) is 9.16. The molecule has 0 aromatic heterocycles. The van der Waals surface area contributed by atoms with Crippen LogP contribution in [-0.4, -0.2) is 35.7 Å². The highest BCUT2D eigenvalue weighted by Gasteiger charge is 2.21. The number of aliphatic hydroxyl groups excluding tert-OH is 1. The molecule has 1 N–H and O–H groups in total. The Bertz CT molecular complexity index is 139. The first-order valence-electron chi connectivity index (χ1n) is 5.48. The molecule has 0 amide bonds. The number of nitrogens with zero attached hydrogens (tertiary/aromatic N) is 1. The van der Waals surface area contributed by atoms with E-state index in [1.807, 2.05) is 6.92 Å². The van der Waals surface area contributed by atoms with Crippen LogP contribution in [0.2, 0.25) is 0 Å². The summed E-state index contributed by atoms with van der Waals surface area (Å²) in [6, 6.07) is 0.714. The standard InChI is InChI=1S/C11H23NO/c1-9-4-6-11(7-5-9)12(3)8-10(2)13/h9-11,13H,4-8H2,1-3H3. The third-order valence-corrected chi connectivity index (χ3v) is 3.16. The fourth-order valence-electron chi connectivity index (χ4n) is 2.25. The highest BCUT2D eigenvalue weighted by molar-refractivity contribution is 4.77. The van der Waals surface area contributed by atoms with E-state index in [1.54, 1.807) is 0 Å². The van der Waals surface area contributed by atoms with Gasteiger partial charge in [0.15, 0.2) is 0 Å². The van der Waals surface area contributed by atoms with Crippen LogP contribution in [-0.2, 0) is 0 Å². The Labute approximate surface area is 81.9 Å². The van der Waals surface area contributed by atoms with E-state index >= 15 is 0 Å². The Kier molecular flexibility index (Phi) is 4.20. The van der Waals surface area contributed by atoms with Gasteiger partial charge in [0, 0.05) is 12.6 Å². The second-order valence-electron chi connectivity index (χ2n) is 4.70. The molecule has 1 aliphatic rings. The Balaban J connectivity index is 2.27. The zero-order chi connectivity index (χ0) is 9.84. The van der Waals surface area contributed by atoms with E-state index in [4.69, 9.17) is 0 Å². The summed E-state index contributed by atoms with van der Waals surface area (Å²) in [5.41, 5.74) is 0. The van der Waals surface area contributed by atoms with Gasteiger partial charge in [-0.3, -0.25) is 0 Å². The topological polar surface area (TPSA) is 23.5 Å². The van der Waals surface area contributed by atoms with E-state index in [0.29, 0.717) is 6.04 Å². The minimum atomic E-state index is -0.190. The highest BCUT2D eigenvalue weighted by Crippen LogP contribution is 2.26. The Morgan fingerprint density at radius 1 is 1.31 bits per heavy atom. The molecule has 0 bridgehead atoms. The molecule has 1 atom stereocenters. The summed E-state index contributed by atoms with van der Waals surface area (Å²) >= 11 is 0. The zero-order valence-electron chi connectivity index (χ0n) is 9.16. The quantitative estimate of drug-likeness (QED) is 0.725. The van der Waals surface area contributed by atoms with Gasteiger partial charge in [-0.2, -0.15) is 0 Å². The number of hydrogen-bond acceptors (Lipinski definition) is 2. The molecule has 78 valence electrons. The van der Waals surface area contributed by atoms with E-state index < -0.39 is 0 Å². The van der Waals surface area contributed by atoms with E-state index in [0.717, 1.165) is 12.5 Å². The van der Waals surface area contributed by atoms with Crippen LogP contribution < -0.4 is 0 Å². The van der Waals surface area contributed by atoms with E-state index in [1.165, 1.54) is 25.7 Å². The van der Waals surface area contributed by atoms with Crippen molar-refractivity contribution in [3.8, 4) is 0 Å². The molecule has 13 heavy (non-hydrogen) atoms. The molecule has 0 spiro atoms. The summed E-state index contributed by atoms with van der Waals surface area (Å²) in [5, 5.41) is 9.26. The molecule has 2 nitrogen and oxygen atoms in total. The van der Waals surface area contributed by atoms with Crippen LogP contribution in [0, 0.1) is 5.92 Å². The fraction of sp³-hybridized carbons (Fsp3) is 1.00. The summed E-state index contributed by atoms with van der Waals surface area (Å²) in [6.45, 7) is 5.02. The average Bonchev–Trinajstić information content (AvgIpc) is 2.04. The van der Waals surface area contributed by atoms with Crippen LogP contribution in [0.4, 0.5) is 0 Å². The third kappa shape index (κ3) is 3.65. The van der Waals surface area contributed by atoms with Crippen LogP contribution >= 0.6 is 0 Å². The first kappa shape index (κ1) is 11.0. The van der Waals surface area contributed by atoms with Crippen molar-refractivity contribution in [3.63, 3.8) is 0 Å². The maximum atomic E-state index is 9.26. The van der Waals surface area contributed by atoms with Gasteiger partial charge in [0.25, 0.3) is 0 Å². The fourth-order valence-corrected chi connectivity index (χ4v) is 2.25. The van der Waals surface area contributed by atoms with Gasteiger partial charge < -0.3 is 10.0 Å². The molecule has 1 aliphatic carbocycles. The summed E-state index contributed by atoms with van der Waals surface area (Å²) in [7, 11) is 2.13. The molecule has 1 unspecified atom stereocenters. The molecular formula is C11H23NO. The Hall–Kier alpha value is -0.0800. The van der Waals surface area contributed by atoms with Crippen molar-refractivity contribution in [3.05, 3.63) is 0 Å². The van der Waals surface area contributed by atoms with Crippen molar-refractivity contribution >= 4 is 0 Å². The molecule has 0 aromatic carbocycles. The molecule has 1 rings (SSSR count). The first-order chi connectivity index (χ1) is 6.09. The second-order valence-corrected chi connectivity index (χ2v) is 4.70. The Morgan fingerprint density at radius 2 is 1.85 bits per heavy atom. The third-order valence-electron chi connectivity index (χ3n) is 3.16. The lowest BCUT2D eigenvalue weighted by Crippen LogP contribution is -2.38. The summed E-state index contributed by atoms with van der Waals surface area (Å²) in [5.74, 6) is 0.913. The first-order valence-corrected chi connectivity index (χ1v) is 5.48. The van der Waals surface area contributed by atoms with E-state index in [-0.39, 0.29) is 6.10 Å². The molecule has 1 saturated carbocycles. The van der Waals surface area contributed by atoms with Gasteiger partial charge >= 0.3 is 0 Å². The lowest BCUT2D eigenvalue weighted by molar-refractivity contribution is 0.0959. The number of aliphatic hydroxyl groups is 1. The number of hydrogen-bond donors (Lipinski definition) is 1. The summed E-state index contributed by atoms with van der Waals surface area (Å²) in [4.78, 5) is 2.32. The molecule has 2 heteroatoms. The van der Waals surface area contributed by atoms with Gasteiger partial charge in [0.2, 0.25) is 0 Å². The summed E-state index contributed by atoms with van der Waals surface area (Å²) < 4.78 is 0. The molecule has 0 saturated heterocycles. The molecule has 1 fully saturated rings. The summed E-state index contributed by atoms with van der Waals surface area (Å²) in [6.07, 6.45) is 5.14. The predicted octanol–water partition coefficient (Wildman–Crippen LogP) is 1.88. The molecule has 0 aromatic rings. The van der Waals surface area contributed by atoms with Crippen molar-refractivity contribution in [2.45, 2.75) is 51.7 Å². The molecule has 0 radical (unpaired) electrons. The van der Waals surface area contributed by atoms with Gasteiger partial charge in [0.05, 0.1) is 6.10 Å². The van der Waals surface area contributed by atoms with Crippen molar-refractivity contribution in [2.75, 3.05) is 13.6 Å². The maximum absolute atomic E-state index is 9.26. The van der Waals surface area contributed by atoms with Crippen LogP contribution in [0.1, 0.15) is 39.5 Å². The van der Waals surface area contributed by atoms with Crippen LogP contribution in [0.15, 0.2) is 0 Å². The van der Waals surface area contributed by atoms with Gasteiger partial charge in [-0.05, 0) is 45.6 Å². The lowest BCUT2D eigenvalue weighted by Gasteiger charge is -2.34. The van der Waals surface area contributed by atoms with E-state index in [9.17, 15) is 5.11 Å². The van der Waals surface area contributed by atoms with Crippen molar-refractivity contribution in [1.82, 2.24) is 4.90 Å². The van der Waals surface area contributed by atoms with Gasteiger partial charge in [-0.1, -0.05) is 6.92 Å². The lowest BCUT2D eigenvalue weighted by atomic mass is 9.87. The number of likely N-dealkylation sites (N-methyl/N-ethyl adjacent to an activating group) is 1. The molecule has 0 heterocycles. The van der Waals surface area contributed by atoms with Crippen molar-refractivity contribution < 1.29 is 5.11 Å². The minimum absolute atomic E-state index is 0.190. The van der Waals surface area contributed by atoms with Gasteiger partial charge in [0.1, 0.15) is 0 Å². The van der Waals surface area contributed by atoms with Gasteiger partial charge in [-0.15, -0.1) is 0 Å². The van der Waals surface area contributed by atoms with E-state index in [2.05, 4.69) is 18.9 Å². The average molecular weight is 185 g/mol. The molecular weight excluding hydrogens is 162 g/mol. The van der Waals surface area contributed by atoms with Crippen LogP contribution in [0.25, 0.3) is 0 Å². The predicted molar refractivity (Wildman–Crippen MR) is 55.7 cm³/mol. The SMILES string of the molecule is CC(O)CN(C)C1CCC(C)CC1. The molecule has 0 aliphatic heterocycles. The Morgan fingerprint density at radius 3 is 2.31 bits per heavy atom. The highest BCUT2D eigenvalue weighted by atomic mass is 16.3. The van der Waals surface area contributed by atoms with Crippen molar-refractivity contribution in [2.24, 2.45) is 5.92 Å². The largest absolute Gasteiger partial charge is 0.392 e.